The number of hydrogen-bond donors (Lipinski definition) is 1. The molecular formula is C12H16N4O2S. The summed E-state index contributed by atoms with van der Waals surface area (Å²) >= 11 is 1.45. The average molecular weight is 280 g/mol. The second-order valence-corrected chi connectivity index (χ2v) is 4.43. The van der Waals surface area contributed by atoms with Gasteiger partial charge in [0.25, 0.3) is 0 Å². The second kappa shape index (κ2) is 6.44. The number of thioether (sulfide) groups is 1. The highest BCUT2D eigenvalue weighted by Gasteiger charge is 2.10. The Morgan fingerprint density at radius 2 is 2.00 bits per heavy atom. The first-order valence-corrected chi connectivity index (χ1v) is 7.04. The molecule has 0 spiro atoms. The van der Waals surface area contributed by atoms with Crippen LogP contribution in [-0.2, 0) is 4.74 Å². The summed E-state index contributed by atoms with van der Waals surface area (Å²) in [5.74, 6) is 7.27. The number of rotatable bonds is 6. The standard InChI is InChI=1S/C12H16N4O2S/c1-3-17-8-18-10-6-4-9(5-7-10)11-14-15-12(19-2)16(11)13/h4-7H,3,8,13H2,1-2H3. The Kier molecular flexibility index (Phi) is 4.64. The van der Waals surface area contributed by atoms with Crippen molar-refractivity contribution in [2.75, 3.05) is 25.5 Å². The van der Waals surface area contributed by atoms with Crippen molar-refractivity contribution in [2.45, 2.75) is 12.1 Å². The van der Waals surface area contributed by atoms with Crippen molar-refractivity contribution in [1.82, 2.24) is 14.9 Å². The summed E-state index contributed by atoms with van der Waals surface area (Å²) in [5, 5.41) is 8.73. The normalized spacial score (nSPS) is 10.6. The first kappa shape index (κ1) is 13.7. The lowest BCUT2D eigenvalue weighted by Gasteiger charge is -2.06. The van der Waals surface area contributed by atoms with Gasteiger partial charge < -0.3 is 15.3 Å². The van der Waals surface area contributed by atoms with Gasteiger partial charge in [-0.15, -0.1) is 10.2 Å². The molecule has 1 heterocycles. The third-order valence-corrected chi connectivity index (χ3v) is 3.12. The van der Waals surface area contributed by atoms with Crippen LogP contribution in [0.2, 0.25) is 0 Å². The Morgan fingerprint density at radius 1 is 1.26 bits per heavy atom. The fraction of sp³-hybridized carbons (Fsp3) is 0.333. The van der Waals surface area contributed by atoms with E-state index in [0.29, 0.717) is 17.6 Å². The number of nitrogen functional groups attached to an aromatic ring is 1. The zero-order valence-corrected chi connectivity index (χ0v) is 11.7. The Morgan fingerprint density at radius 3 is 2.58 bits per heavy atom. The van der Waals surface area contributed by atoms with E-state index in [-0.39, 0.29) is 6.79 Å². The van der Waals surface area contributed by atoms with Crippen molar-refractivity contribution in [3.63, 3.8) is 0 Å². The van der Waals surface area contributed by atoms with Gasteiger partial charge in [0.1, 0.15) is 5.75 Å². The minimum Gasteiger partial charge on any atom is -0.468 e. The molecule has 0 fully saturated rings. The molecule has 0 saturated heterocycles. The van der Waals surface area contributed by atoms with Crippen molar-refractivity contribution in [3.8, 4) is 17.1 Å². The van der Waals surface area contributed by atoms with Crippen molar-refractivity contribution in [2.24, 2.45) is 0 Å². The predicted molar refractivity (Wildman–Crippen MR) is 74.5 cm³/mol. The van der Waals surface area contributed by atoms with Crippen LogP contribution in [0.15, 0.2) is 29.4 Å². The molecule has 19 heavy (non-hydrogen) atoms. The summed E-state index contributed by atoms with van der Waals surface area (Å²) in [7, 11) is 0. The number of ether oxygens (including phenoxy) is 2. The van der Waals surface area contributed by atoms with Crippen molar-refractivity contribution in [1.29, 1.82) is 0 Å². The number of hydrogen-bond acceptors (Lipinski definition) is 6. The minimum absolute atomic E-state index is 0.250. The van der Waals surface area contributed by atoms with Gasteiger partial charge in [-0.05, 0) is 37.4 Å². The first-order chi connectivity index (χ1) is 9.26. The SMILES string of the molecule is CCOCOc1ccc(-c2nnc(SC)n2N)cc1. The lowest BCUT2D eigenvalue weighted by Crippen LogP contribution is -2.11. The van der Waals surface area contributed by atoms with E-state index in [1.54, 1.807) is 0 Å². The number of benzene rings is 1. The van der Waals surface area contributed by atoms with Crippen LogP contribution in [0.3, 0.4) is 0 Å². The Hall–Kier alpha value is -1.73. The monoisotopic (exact) mass is 280 g/mol. The minimum atomic E-state index is 0.250. The zero-order chi connectivity index (χ0) is 13.7. The van der Waals surface area contributed by atoms with Gasteiger partial charge in [-0.1, -0.05) is 11.8 Å². The van der Waals surface area contributed by atoms with E-state index in [0.717, 1.165) is 11.3 Å². The highest BCUT2D eigenvalue weighted by Crippen LogP contribution is 2.22. The molecule has 2 aromatic rings. The van der Waals surface area contributed by atoms with Crippen LogP contribution in [0.25, 0.3) is 11.4 Å². The molecule has 0 aliphatic rings. The van der Waals surface area contributed by atoms with Gasteiger partial charge >= 0.3 is 0 Å². The highest BCUT2D eigenvalue weighted by atomic mass is 32.2. The predicted octanol–water partition coefficient (Wildman–Crippen LogP) is 1.75. The van der Waals surface area contributed by atoms with E-state index in [1.165, 1.54) is 16.4 Å². The van der Waals surface area contributed by atoms with Gasteiger partial charge in [-0.3, -0.25) is 0 Å². The third kappa shape index (κ3) is 3.18. The summed E-state index contributed by atoms with van der Waals surface area (Å²) in [5.41, 5.74) is 0.888. The van der Waals surface area contributed by atoms with Gasteiger partial charge in [0.15, 0.2) is 12.6 Å². The van der Waals surface area contributed by atoms with Crippen LogP contribution >= 0.6 is 11.8 Å². The molecule has 102 valence electrons. The molecule has 0 unspecified atom stereocenters. The van der Waals surface area contributed by atoms with Gasteiger partial charge in [-0.25, -0.2) is 4.68 Å². The molecule has 1 aromatic heterocycles. The quantitative estimate of drug-likeness (QED) is 0.376. The number of aromatic nitrogens is 3. The molecule has 0 amide bonds. The van der Waals surface area contributed by atoms with E-state index < -0.39 is 0 Å². The first-order valence-electron chi connectivity index (χ1n) is 5.81. The van der Waals surface area contributed by atoms with Crippen molar-refractivity contribution < 1.29 is 9.47 Å². The largest absolute Gasteiger partial charge is 0.468 e. The van der Waals surface area contributed by atoms with Gasteiger partial charge in [-0.2, -0.15) is 0 Å². The molecule has 0 saturated carbocycles. The fourth-order valence-corrected chi connectivity index (χ4v) is 1.91. The molecule has 0 aliphatic heterocycles. The molecule has 0 aliphatic carbocycles. The van der Waals surface area contributed by atoms with Crippen LogP contribution < -0.4 is 10.6 Å². The Balaban J connectivity index is 2.11. The Bertz CT molecular complexity index is 527. The summed E-state index contributed by atoms with van der Waals surface area (Å²) < 4.78 is 12.0. The van der Waals surface area contributed by atoms with E-state index in [9.17, 15) is 0 Å². The van der Waals surface area contributed by atoms with Crippen LogP contribution in [-0.4, -0.2) is 34.5 Å². The smallest absolute Gasteiger partial charge is 0.209 e. The molecule has 0 atom stereocenters. The van der Waals surface area contributed by atoms with E-state index in [2.05, 4.69) is 10.2 Å². The molecule has 7 heteroatoms. The van der Waals surface area contributed by atoms with Crippen LogP contribution in [0, 0.1) is 0 Å². The summed E-state index contributed by atoms with van der Waals surface area (Å²) in [6, 6.07) is 7.47. The van der Waals surface area contributed by atoms with Crippen molar-refractivity contribution in [3.05, 3.63) is 24.3 Å². The van der Waals surface area contributed by atoms with E-state index >= 15 is 0 Å². The maximum atomic E-state index is 5.90. The maximum Gasteiger partial charge on any atom is 0.209 e. The third-order valence-electron chi connectivity index (χ3n) is 2.47. The fourth-order valence-electron chi connectivity index (χ4n) is 1.51. The number of nitrogens with zero attached hydrogens (tertiary/aromatic N) is 3. The van der Waals surface area contributed by atoms with Gasteiger partial charge in [0, 0.05) is 12.2 Å². The van der Waals surface area contributed by atoms with Crippen LogP contribution in [0.4, 0.5) is 0 Å². The van der Waals surface area contributed by atoms with E-state index in [1.807, 2.05) is 37.4 Å². The number of nitrogens with two attached hydrogens (primary N) is 1. The average Bonchev–Trinajstić information content (AvgIpc) is 2.81. The zero-order valence-electron chi connectivity index (χ0n) is 10.9. The van der Waals surface area contributed by atoms with Crippen LogP contribution in [0.1, 0.15) is 6.92 Å². The molecule has 0 radical (unpaired) electrons. The topological polar surface area (TPSA) is 75.2 Å². The molecule has 2 N–H and O–H groups in total. The second-order valence-electron chi connectivity index (χ2n) is 3.66. The van der Waals surface area contributed by atoms with Crippen molar-refractivity contribution >= 4 is 11.8 Å². The van der Waals surface area contributed by atoms with E-state index in [4.69, 9.17) is 15.3 Å². The molecule has 0 bridgehead atoms. The van der Waals surface area contributed by atoms with Crippen LogP contribution in [0.5, 0.6) is 5.75 Å². The van der Waals surface area contributed by atoms with Gasteiger partial charge in [0.2, 0.25) is 5.16 Å². The maximum absolute atomic E-state index is 5.90. The summed E-state index contributed by atoms with van der Waals surface area (Å²) in [6.45, 7) is 2.80. The highest BCUT2D eigenvalue weighted by molar-refractivity contribution is 7.98. The lowest BCUT2D eigenvalue weighted by atomic mass is 10.2. The van der Waals surface area contributed by atoms with Gasteiger partial charge in [0.05, 0.1) is 0 Å². The Labute approximate surface area is 115 Å². The molecule has 6 nitrogen and oxygen atoms in total. The lowest BCUT2D eigenvalue weighted by molar-refractivity contribution is 0.0224. The molecule has 1 aromatic carbocycles. The summed E-state index contributed by atoms with van der Waals surface area (Å²) in [6.07, 6.45) is 1.90. The summed E-state index contributed by atoms with van der Waals surface area (Å²) in [4.78, 5) is 0. The molecular weight excluding hydrogens is 264 g/mol. The molecule has 2 rings (SSSR count).